The second-order valence-corrected chi connectivity index (χ2v) is 6.88. The molecule has 0 aliphatic rings. The Bertz CT molecular complexity index is 161. The predicted octanol–water partition coefficient (Wildman–Crippen LogP) is 6.42. The summed E-state index contributed by atoms with van der Waals surface area (Å²) in [5, 5.41) is 7.74. The molecule has 0 atom stereocenters. The van der Waals surface area contributed by atoms with Crippen molar-refractivity contribution in [2.45, 2.75) is 110 Å². The van der Waals surface area contributed by atoms with Crippen LogP contribution in [0.4, 0.5) is 0 Å². The van der Waals surface area contributed by atoms with E-state index in [4.69, 9.17) is 22.4 Å². The monoisotopic (exact) mass is 349 g/mol. The first-order chi connectivity index (χ1) is 11.3. The molecule has 23 heavy (non-hydrogen) atoms. The molecule has 3 heteroatoms. The number of rotatable bonds is 17. The zero-order chi connectivity index (χ0) is 17.4. The summed E-state index contributed by atoms with van der Waals surface area (Å²) in [4.78, 5) is 0. The molecule has 0 aliphatic heterocycles. The van der Waals surface area contributed by atoms with Crippen LogP contribution < -0.4 is 5.73 Å². The minimum atomic E-state index is 0.0849. The molecule has 142 valence electrons. The summed E-state index contributed by atoms with van der Waals surface area (Å²) >= 11 is 4.94. The van der Waals surface area contributed by atoms with Gasteiger partial charge in [-0.25, -0.2) is 0 Å². The van der Waals surface area contributed by atoms with Gasteiger partial charge in [0.05, 0.1) is 6.61 Å². The average molecular weight is 350 g/mol. The molecular formula is C20H44ClNO. The minimum Gasteiger partial charge on any atom is -0.395 e. The van der Waals surface area contributed by atoms with E-state index in [2.05, 4.69) is 6.92 Å². The Morgan fingerprint density at radius 2 is 0.870 bits per heavy atom. The fourth-order valence-electron chi connectivity index (χ4n) is 2.69. The molecule has 0 amide bonds. The number of nitrogens with two attached hydrogens (primary N) is 1. The standard InChI is InChI=1S/C18H39N.C2H5ClO/c1-2-3-4-5-6-7-8-9-10-11-12-13-14-15-16-17-18-19;3-1-2-4/h2-19H2,1H3;4H,1-2H2. The molecular weight excluding hydrogens is 306 g/mol. The fraction of sp³-hybridized carbons (Fsp3) is 1.00. The van der Waals surface area contributed by atoms with Gasteiger partial charge in [0.2, 0.25) is 0 Å². The Labute approximate surface area is 151 Å². The zero-order valence-electron chi connectivity index (χ0n) is 15.8. The fourth-order valence-corrected chi connectivity index (χ4v) is 2.69. The van der Waals surface area contributed by atoms with E-state index in [0.717, 1.165) is 6.54 Å². The van der Waals surface area contributed by atoms with Crippen molar-refractivity contribution in [3.05, 3.63) is 0 Å². The largest absolute Gasteiger partial charge is 0.395 e. The molecule has 0 fully saturated rings. The summed E-state index contributed by atoms with van der Waals surface area (Å²) in [6.07, 6.45) is 22.9. The molecule has 0 aromatic rings. The van der Waals surface area contributed by atoms with E-state index < -0.39 is 0 Å². The second-order valence-electron chi connectivity index (χ2n) is 6.50. The van der Waals surface area contributed by atoms with E-state index in [-0.39, 0.29) is 6.61 Å². The van der Waals surface area contributed by atoms with Crippen molar-refractivity contribution in [2.75, 3.05) is 19.0 Å². The Kier molecular flexibility index (Phi) is 30.0. The van der Waals surface area contributed by atoms with Crippen LogP contribution in [0.25, 0.3) is 0 Å². The molecule has 0 saturated heterocycles. The lowest BCUT2D eigenvalue weighted by Gasteiger charge is -2.03. The Morgan fingerprint density at radius 1 is 0.609 bits per heavy atom. The van der Waals surface area contributed by atoms with Gasteiger partial charge in [0, 0.05) is 5.88 Å². The molecule has 0 unspecified atom stereocenters. The van der Waals surface area contributed by atoms with Gasteiger partial charge in [-0.1, -0.05) is 103 Å². The maximum absolute atomic E-state index is 7.74. The van der Waals surface area contributed by atoms with Gasteiger partial charge in [-0.05, 0) is 13.0 Å². The Morgan fingerprint density at radius 3 is 1.09 bits per heavy atom. The van der Waals surface area contributed by atoms with E-state index in [1.54, 1.807) is 0 Å². The first kappa shape index (κ1) is 25.5. The summed E-state index contributed by atoms with van der Waals surface area (Å²) in [6.45, 7) is 3.25. The number of aliphatic hydroxyl groups is 1. The highest BCUT2D eigenvalue weighted by Gasteiger charge is 1.94. The Hall–Kier alpha value is 0.210. The van der Waals surface area contributed by atoms with Crippen LogP contribution in [-0.2, 0) is 0 Å². The van der Waals surface area contributed by atoms with Gasteiger partial charge in [-0.2, -0.15) is 0 Å². The van der Waals surface area contributed by atoms with Crippen molar-refractivity contribution in [2.24, 2.45) is 5.73 Å². The summed E-state index contributed by atoms with van der Waals surface area (Å²) < 4.78 is 0. The summed E-state index contributed by atoms with van der Waals surface area (Å²) in [7, 11) is 0. The van der Waals surface area contributed by atoms with Crippen molar-refractivity contribution >= 4 is 11.6 Å². The normalized spacial score (nSPS) is 10.4. The van der Waals surface area contributed by atoms with Crippen LogP contribution >= 0.6 is 11.6 Å². The number of halogens is 1. The molecule has 0 aliphatic carbocycles. The first-order valence-electron chi connectivity index (χ1n) is 10.2. The third kappa shape index (κ3) is 30.6. The van der Waals surface area contributed by atoms with E-state index in [1.807, 2.05) is 0 Å². The van der Waals surface area contributed by atoms with Crippen LogP contribution in [0.5, 0.6) is 0 Å². The third-order valence-corrected chi connectivity index (χ3v) is 4.31. The van der Waals surface area contributed by atoms with Crippen molar-refractivity contribution in [1.29, 1.82) is 0 Å². The van der Waals surface area contributed by atoms with Gasteiger partial charge in [0.25, 0.3) is 0 Å². The van der Waals surface area contributed by atoms with Gasteiger partial charge in [0.1, 0.15) is 0 Å². The number of aliphatic hydroxyl groups excluding tert-OH is 1. The van der Waals surface area contributed by atoms with Crippen molar-refractivity contribution in [3.63, 3.8) is 0 Å². The smallest absolute Gasteiger partial charge is 0.0566 e. The van der Waals surface area contributed by atoms with E-state index >= 15 is 0 Å². The highest BCUT2D eigenvalue weighted by molar-refractivity contribution is 6.17. The lowest BCUT2D eigenvalue weighted by molar-refractivity contribution is 0.321. The first-order valence-corrected chi connectivity index (χ1v) is 10.7. The number of alkyl halides is 1. The van der Waals surface area contributed by atoms with Gasteiger partial charge in [-0.15, -0.1) is 11.6 Å². The molecule has 0 saturated carbocycles. The summed E-state index contributed by atoms with van der Waals surface area (Å²) in [5.41, 5.74) is 5.48. The molecule has 0 aromatic carbocycles. The maximum atomic E-state index is 7.74. The van der Waals surface area contributed by atoms with Crippen molar-refractivity contribution in [1.82, 2.24) is 0 Å². The van der Waals surface area contributed by atoms with Gasteiger partial charge in [-0.3, -0.25) is 0 Å². The van der Waals surface area contributed by atoms with Gasteiger partial charge >= 0.3 is 0 Å². The molecule has 0 heterocycles. The second kappa shape index (κ2) is 27.1. The van der Waals surface area contributed by atoms with Crippen LogP contribution in [0.2, 0.25) is 0 Å². The van der Waals surface area contributed by atoms with E-state index in [9.17, 15) is 0 Å². The highest BCUT2D eigenvalue weighted by atomic mass is 35.5. The van der Waals surface area contributed by atoms with Crippen LogP contribution in [-0.4, -0.2) is 24.1 Å². The zero-order valence-corrected chi connectivity index (χ0v) is 16.6. The van der Waals surface area contributed by atoms with Crippen LogP contribution in [0.3, 0.4) is 0 Å². The van der Waals surface area contributed by atoms with Crippen molar-refractivity contribution < 1.29 is 5.11 Å². The number of hydrogen-bond donors (Lipinski definition) is 2. The molecule has 3 N–H and O–H groups in total. The molecule has 2 nitrogen and oxygen atoms in total. The molecule has 0 bridgehead atoms. The number of hydrogen-bond acceptors (Lipinski definition) is 2. The highest BCUT2D eigenvalue weighted by Crippen LogP contribution is 2.13. The average Bonchev–Trinajstić information content (AvgIpc) is 2.58. The van der Waals surface area contributed by atoms with Gasteiger partial charge in [0.15, 0.2) is 0 Å². The topological polar surface area (TPSA) is 46.2 Å². The van der Waals surface area contributed by atoms with Crippen LogP contribution in [0, 0.1) is 0 Å². The molecule has 0 radical (unpaired) electrons. The third-order valence-electron chi connectivity index (χ3n) is 4.14. The molecule has 0 spiro atoms. The summed E-state index contributed by atoms with van der Waals surface area (Å²) in [6, 6.07) is 0. The number of unbranched alkanes of at least 4 members (excludes halogenated alkanes) is 15. The van der Waals surface area contributed by atoms with E-state index in [1.165, 1.54) is 103 Å². The Balaban J connectivity index is 0. The molecule has 0 rings (SSSR count). The lowest BCUT2D eigenvalue weighted by Crippen LogP contribution is -1.97. The van der Waals surface area contributed by atoms with Gasteiger partial charge < -0.3 is 10.8 Å². The van der Waals surface area contributed by atoms with Crippen LogP contribution in [0.1, 0.15) is 110 Å². The van der Waals surface area contributed by atoms with Crippen molar-refractivity contribution in [3.8, 4) is 0 Å². The quantitative estimate of drug-likeness (QED) is 0.235. The van der Waals surface area contributed by atoms with Crippen LogP contribution in [0.15, 0.2) is 0 Å². The predicted molar refractivity (Wildman–Crippen MR) is 106 cm³/mol. The minimum absolute atomic E-state index is 0.0849. The van der Waals surface area contributed by atoms with E-state index in [0.29, 0.717) is 5.88 Å². The maximum Gasteiger partial charge on any atom is 0.0566 e. The lowest BCUT2D eigenvalue weighted by atomic mass is 10.0. The molecule has 0 aromatic heterocycles. The summed E-state index contributed by atoms with van der Waals surface area (Å²) in [5.74, 6) is 0.347. The SMILES string of the molecule is CCCCCCCCCCCCCCCCCCN.OCCCl.